The number of hydrogen-bond acceptors (Lipinski definition) is 1. The van der Waals surface area contributed by atoms with Gasteiger partial charge < -0.3 is 4.74 Å². The predicted octanol–water partition coefficient (Wildman–Crippen LogP) is 4.04. The summed E-state index contributed by atoms with van der Waals surface area (Å²) in [4.78, 5) is 0. The Balaban J connectivity index is 2.12. The van der Waals surface area contributed by atoms with Crippen LogP contribution in [0.5, 0.6) is 5.75 Å². The zero-order chi connectivity index (χ0) is 10.7. The Kier molecular flexibility index (Phi) is 3.62. The van der Waals surface area contributed by atoms with E-state index in [-0.39, 0.29) is 5.82 Å². The van der Waals surface area contributed by atoms with Gasteiger partial charge in [0.15, 0.2) is 0 Å². The van der Waals surface area contributed by atoms with E-state index in [1.807, 2.05) is 0 Å². The fourth-order valence-corrected chi connectivity index (χ4v) is 2.39. The van der Waals surface area contributed by atoms with Crippen molar-refractivity contribution >= 4 is 15.9 Å². The highest BCUT2D eigenvalue weighted by Gasteiger charge is 2.17. The molecule has 0 radical (unpaired) electrons. The molecule has 1 aromatic rings. The molecule has 1 aliphatic rings. The van der Waals surface area contributed by atoms with E-state index in [2.05, 4.69) is 15.9 Å². The molecule has 1 saturated carbocycles. The number of rotatable bonds is 3. The highest BCUT2D eigenvalue weighted by atomic mass is 79.9. The summed E-state index contributed by atoms with van der Waals surface area (Å²) < 4.78 is 18.8. The molecule has 0 atom stereocenters. The summed E-state index contributed by atoms with van der Waals surface area (Å²) >= 11 is 3.35. The van der Waals surface area contributed by atoms with Crippen LogP contribution in [-0.4, -0.2) is 6.10 Å². The summed E-state index contributed by atoms with van der Waals surface area (Å²) in [6.07, 6.45) is 5.07. The van der Waals surface area contributed by atoms with E-state index in [0.29, 0.717) is 11.4 Å². The second kappa shape index (κ2) is 4.97. The van der Waals surface area contributed by atoms with Crippen molar-refractivity contribution in [2.24, 2.45) is 0 Å². The van der Waals surface area contributed by atoms with Crippen LogP contribution in [-0.2, 0) is 5.33 Å². The van der Waals surface area contributed by atoms with Gasteiger partial charge in [-0.15, -0.1) is 0 Å². The van der Waals surface area contributed by atoms with Crippen molar-refractivity contribution in [1.29, 1.82) is 0 Å². The van der Waals surface area contributed by atoms with Crippen molar-refractivity contribution in [3.8, 4) is 5.75 Å². The van der Waals surface area contributed by atoms with E-state index >= 15 is 0 Å². The Morgan fingerprint density at radius 2 is 2.07 bits per heavy atom. The van der Waals surface area contributed by atoms with Crippen LogP contribution in [0.4, 0.5) is 4.39 Å². The van der Waals surface area contributed by atoms with Gasteiger partial charge in [-0.2, -0.15) is 0 Å². The molecule has 0 spiro atoms. The Bertz CT molecular complexity index is 334. The lowest BCUT2D eigenvalue weighted by molar-refractivity contribution is 0.208. The minimum Gasteiger partial charge on any atom is -0.490 e. The van der Waals surface area contributed by atoms with Crippen molar-refractivity contribution in [3.63, 3.8) is 0 Å². The van der Waals surface area contributed by atoms with Crippen LogP contribution < -0.4 is 4.74 Å². The van der Waals surface area contributed by atoms with Crippen LogP contribution in [0.1, 0.15) is 31.2 Å². The van der Waals surface area contributed by atoms with Crippen LogP contribution in [0.25, 0.3) is 0 Å². The SMILES string of the molecule is Fc1ccc(OC2CCCC2)c(CBr)c1. The third-order valence-electron chi connectivity index (χ3n) is 2.76. The average molecular weight is 273 g/mol. The lowest BCUT2D eigenvalue weighted by Gasteiger charge is -2.15. The summed E-state index contributed by atoms with van der Waals surface area (Å²) in [7, 11) is 0. The lowest BCUT2D eigenvalue weighted by atomic mass is 10.2. The van der Waals surface area contributed by atoms with Crippen LogP contribution in [0.3, 0.4) is 0 Å². The first-order valence-electron chi connectivity index (χ1n) is 5.30. The van der Waals surface area contributed by atoms with Gasteiger partial charge >= 0.3 is 0 Å². The zero-order valence-electron chi connectivity index (χ0n) is 8.51. The second-order valence-corrected chi connectivity index (χ2v) is 4.47. The largest absolute Gasteiger partial charge is 0.490 e. The maximum atomic E-state index is 13.0. The fourth-order valence-electron chi connectivity index (χ4n) is 1.95. The Morgan fingerprint density at radius 3 is 2.73 bits per heavy atom. The maximum Gasteiger partial charge on any atom is 0.123 e. The van der Waals surface area contributed by atoms with Gasteiger partial charge in [0.05, 0.1) is 6.10 Å². The molecule has 0 bridgehead atoms. The summed E-state index contributed by atoms with van der Waals surface area (Å²) in [5.41, 5.74) is 0.891. The van der Waals surface area contributed by atoms with Gasteiger partial charge in [0, 0.05) is 10.9 Å². The van der Waals surface area contributed by atoms with E-state index in [0.717, 1.165) is 24.2 Å². The molecule has 82 valence electrons. The third-order valence-corrected chi connectivity index (χ3v) is 3.37. The van der Waals surface area contributed by atoms with Gasteiger partial charge in [0.2, 0.25) is 0 Å². The first kappa shape index (κ1) is 10.9. The van der Waals surface area contributed by atoms with Crippen molar-refractivity contribution in [3.05, 3.63) is 29.6 Å². The number of ether oxygens (including phenoxy) is 1. The van der Waals surface area contributed by atoms with E-state index in [4.69, 9.17) is 4.74 Å². The molecule has 0 N–H and O–H groups in total. The van der Waals surface area contributed by atoms with Gasteiger partial charge in [0.25, 0.3) is 0 Å². The topological polar surface area (TPSA) is 9.23 Å². The predicted molar refractivity (Wildman–Crippen MR) is 61.9 cm³/mol. The summed E-state index contributed by atoms with van der Waals surface area (Å²) in [5.74, 6) is 0.614. The van der Waals surface area contributed by atoms with Crippen molar-refractivity contribution < 1.29 is 9.13 Å². The van der Waals surface area contributed by atoms with Gasteiger partial charge in [-0.05, 0) is 43.9 Å². The lowest BCUT2D eigenvalue weighted by Crippen LogP contribution is -2.12. The number of halogens is 2. The van der Waals surface area contributed by atoms with Crippen LogP contribution in [0.15, 0.2) is 18.2 Å². The van der Waals surface area contributed by atoms with Gasteiger partial charge in [-0.25, -0.2) is 4.39 Å². The molecule has 15 heavy (non-hydrogen) atoms. The molecule has 0 saturated heterocycles. The normalized spacial score (nSPS) is 16.9. The molecule has 0 unspecified atom stereocenters. The summed E-state index contributed by atoms with van der Waals surface area (Å²) in [6.45, 7) is 0. The number of benzene rings is 1. The Hall–Kier alpha value is -0.570. The van der Waals surface area contributed by atoms with Crippen LogP contribution in [0.2, 0.25) is 0 Å². The molecule has 0 heterocycles. The third kappa shape index (κ3) is 2.71. The molecular weight excluding hydrogens is 259 g/mol. The monoisotopic (exact) mass is 272 g/mol. The molecule has 0 amide bonds. The minimum atomic E-state index is -0.205. The average Bonchev–Trinajstić information content (AvgIpc) is 2.73. The molecular formula is C12H14BrFO. The molecule has 0 aromatic heterocycles. The quantitative estimate of drug-likeness (QED) is 0.755. The molecule has 1 aromatic carbocycles. The van der Waals surface area contributed by atoms with E-state index < -0.39 is 0 Å². The van der Waals surface area contributed by atoms with Gasteiger partial charge in [-0.3, -0.25) is 0 Å². The van der Waals surface area contributed by atoms with Crippen molar-refractivity contribution in [1.82, 2.24) is 0 Å². The first-order chi connectivity index (χ1) is 7.29. The zero-order valence-corrected chi connectivity index (χ0v) is 10.1. The molecule has 1 fully saturated rings. The molecule has 0 aliphatic heterocycles. The molecule has 3 heteroatoms. The first-order valence-corrected chi connectivity index (χ1v) is 6.43. The molecule has 2 rings (SSSR count). The molecule has 1 aliphatic carbocycles. The van der Waals surface area contributed by atoms with E-state index in [1.54, 1.807) is 6.07 Å². The van der Waals surface area contributed by atoms with Crippen molar-refractivity contribution in [2.45, 2.75) is 37.1 Å². The Labute approximate surface area is 97.8 Å². The summed E-state index contributed by atoms with van der Waals surface area (Å²) in [5, 5.41) is 0.632. The van der Waals surface area contributed by atoms with Crippen molar-refractivity contribution in [2.75, 3.05) is 0 Å². The number of hydrogen-bond donors (Lipinski definition) is 0. The van der Waals surface area contributed by atoms with Crippen LogP contribution in [0, 0.1) is 5.82 Å². The van der Waals surface area contributed by atoms with Gasteiger partial charge in [-0.1, -0.05) is 15.9 Å². The standard InChI is InChI=1S/C12H14BrFO/c13-8-9-7-10(14)5-6-12(9)15-11-3-1-2-4-11/h5-7,11H,1-4,8H2. The van der Waals surface area contributed by atoms with E-state index in [9.17, 15) is 4.39 Å². The fraction of sp³-hybridized carbons (Fsp3) is 0.500. The van der Waals surface area contributed by atoms with Crippen LogP contribution >= 0.6 is 15.9 Å². The Morgan fingerprint density at radius 1 is 1.33 bits per heavy atom. The highest BCUT2D eigenvalue weighted by molar-refractivity contribution is 9.08. The van der Waals surface area contributed by atoms with E-state index in [1.165, 1.54) is 25.0 Å². The van der Waals surface area contributed by atoms with Gasteiger partial charge in [0.1, 0.15) is 11.6 Å². The highest BCUT2D eigenvalue weighted by Crippen LogP contribution is 2.28. The minimum absolute atomic E-state index is 0.205. The smallest absolute Gasteiger partial charge is 0.123 e. The summed E-state index contributed by atoms with van der Waals surface area (Å²) in [6, 6.07) is 4.71. The second-order valence-electron chi connectivity index (χ2n) is 3.91. The molecule has 1 nitrogen and oxygen atoms in total. The number of alkyl halides is 1. The maximum absolute atomic E-state index is 13.0.